The second kappa shape index (κ2) is 7.98. The van der Waals surface area contributed by atoms with Crippen LogP contribution in [-0.2, 0) is 0 Å². The van der Waals surface area contributed by atoms with Crippen molar-refractivity contribution in [2.24, 2.45) is 5.41 Å². The van der Waals surface area contributed by atoms with E-state index in [0.717, 1.165) is 6.54 Å². The molecule has 120 valence electrons. The molecule has 0 spiro atoms. The zero-order valence-electron chi connectivity index (χ0n) is 15.3. The van der Waals surface area contributed by atoms with Crippen molar-refractivity contribution >= 4 is 0 Å². The average Bonchev–Trinajstić information content (AvgIpc) is 2.35. The van der Waals surface area contributed by atoms with Gasteiger partial charge in [-0.15, -0.1) is 0 Å². The van der Waals surface area contributed by atoms with E-state index in [4.69, 9.17) is 0 Å². The second-order valence-electron chi connectivity index (χ2n) is 7.54. The molecule has 0 saturated heterocycles. The molecule has 0 amide bonds. The van der Waals surface area contributed by atoms with E-state index in [-0.39, 0.29) is 0 Å². The van der Waals surface area contributed by atoms with Crippen LogP contribution in [0.1, 0.15) is 81.7 Å². The molecule has 1 aromatic rings. The predicted octanol–water partition coefficient (Wildman–Crippen LogP) is 5.87. The standard InChI is InChI=1S/C20H35N/c1-8-9-10-11-20(6,7)14-21-18(5)19-16(3)12-15(2)13-17(19)4/h12-13,18,21H,8-11,14H2,1-7H3. The van der Waals surface area contributed by atoms with Gasteiger partial charge in [-0.05, 0) is 56.2 Å². The van der Waals surface area contributed by atoms with Crippen molar-refractivity contribution in [3.05, 3.63) is 34.4 Å². The largest absolute Gasteiger partial charge is 0.310 e. The number of benzene rings is 1. The number of unbranched alkanes of at least 4 members (excludes halogenated alkanes) is 2. The Morgan fingerprint density at radius 1 is 1.05 bits per heavy atom. The zero-order chi connectivity index (χ0) is 16.0. The highest BCUT2D eigenvalue weighted by molar-refractivity contribution is 5.39. The third-order valence-electron chi connectivity index (χ3n) is 4.51. The average molecular weight is 290 g/mol. The molecule has 0 saturated carbocycles. The summed E-state index contributed by atoms with van der Waals surface area (Å²) in [5, 5.41) is 3.77. The Hall–Kier alpha value is -0.820. The van der Waals surface area contributed by atoms with Gasteiger partial charge in [0.2, 0.25) is 0 Å². The van der Waals surface area contributed by atoms with Gasteiger partial charge in [-0.25, -0.2) is 0 Å². The van der Waals surface area contributed by atoms with Gasteiger partial charge in [-0.2, -0.15) is 0 Å². The molecule has 1 rings (SSSR count). The normalized spacial score (nSPS) is 13.5. The van der Waals surface area contributed by atoms with Crippen molar-refractivity contribution in [1.29, 1.82) is 0 Å². The van der Waals surface area contributed by atoms with Gasteiger partial charge in [-0.1, -0.05) is 57.7 Å². The lowest BCUT2D eigenvalue weighted by Gasteiger charge is -2.28. The van der Waals surface area contributed by atoms with Crippen molar-refractivity contribution in [2.75, 3.05) is 6.54 Å². The lowest BCUT2D eigenvalue weighted by molar-refractivity contribution is 0.290. The van der Waals surface area contributed by atoms with Crippen LogP contribution >= 0.6 is 0 Å². The van der Waals surface area contributed by atoms with Crippen LogP contribution in [0.4, 0.5) is 0 Å². The number of aryl methyl sites for hydroxylation is 3. The molecule has 0 aliphatic heterocycles. The third-order valence-corrected chi connectivity index (χ3v) is 4.51. The van der Waals surface area contributed by atoms with E-state index in [9.17, 15) is 0 Å². The molecule has 1 atom stereocenters. The summed E-state index contributed by atoms with van der Waals surface area (Å²) in [6.45, 7) is 17.1. The molecular formula is C20H35N. The Morgan fingerprint density at radius 2 is 1.62 bits per heavy atom. The van der Waals surface area contributed by atoms with E-state index < -0.39 is 0 Å². The summed E-state index contributed by atoms with van der Waals surface area (Å²) in [4.78, 5) is 0. The molecule has 0 radical (unpaired) electrons. The van der Waals surface area contributed by atoms with Crippen LogP contribution in [0.15, 0.2) is 12.1 Å². The highest BCUT2D eigenvalue weighted by Gasteiger charge is 2.19. The van der Waals surface area contributed by atoms with Gasteiger partial charge < -0.3 is 5.32 Å². The summed E-state index contributed by atoms with van der Waals surface area (Å²) in [7, 11) is 0. The van der Waals surface area contributed by atoms with Crippen LogP contribution in [0, 0.1) is 26.2 Å². The minimum Gasteiger partial charge on any atom is -0.310 e. The van der Waals surface area contributed by atoms with Crippen LogP contribution in [0.5, 0.6) is 0 Å². The van der Waals surface area contributed by atoms with Crippen molar-refractivity contribution in [1.82, 2.24) is 5.32 Å². The SMILES string of the molecule is CCCCCC(C)(C)CNC(C)c1c(C)cc(C)cc1C. The van der Waals surface area contributed by atoms with E-state index in [1.54, 1.807) is 0 Å². The Morgan fingerprint density at radius 3 is 2.14 bits per heavy atom. The molecule has 0 bridgehead atoms. The van der Waals surface area contributed by atoms with Crippen molar-refractivity contribution in [2.45, 2.75) is 80.2 Å². The minimum atomic E-state index is 0.385. The lowest BCUT2D eigenvalue weighted by Crippen LogP contribution is -2.32. The van der Waals surface area contributed by atoms with Crippen LogP contribution < -0.4 is 5.32 Å². The van der Waals surface area contributed by atoms with Gasteiger partial charge in [0.05, 0.1) is 0 Å². The summed E-state index contributed by atoms with van der Waals surface area (Å²) in [6, 6.07) is 5.02. The van der Waals surface area contributed by atoms with E-state index in [2.05, 4.69) is 65.9 Å². The molecule has 21 heavy (non-hydrogen) atoms. The minimum absolute atomic E-state index is 0.385. The molecule has 0 aliphatic rings. The number of nitrogens with one attached hydrogen (secondary N) is 1. The van der Waals surface area contributed by atoms with Gasteiger partial charge >= 0.3 is 0 Å². The fraction of sp³-hybridized carbons (Fsp3) is 0.700. The molecular weight excluding hydrogens is 254 g/mol. The van der Waals surface area contributed by atoms with Crippen molar-refractivity contribution < 1.29 is 0 Å². The maximum atomic E-state index is 3.77. The van der Waals surface area contributed by atoms with Crippen LogP contribution in [0.3, 0.4) is 0 Å². The molecule has 1 unspecified atom stereocenters. The van der Waals surface area contributed by atoms with Crippen LogP contribution in [0.2, 0.25) is 0 Å². The monoisotopic (exact) mass is 289 g/mol. The Balaban J connectivity index is 2.63. The lowest BCUT2D eigenvalue weighted by atomic mass is 9.86. The molecule has 1 N–H and O–H groups in total. The Bertz CT molecular complexity index is 422. The first-order valence-corrected chi connectivity index (χ1v) is 8.58. The van der Waals surface area contributed by atoms with Gasteiger partial charge in [0.15, 0.2) is 0 Å². The van der Waals surface area contributed by atoms with Crippen molar-refractivity contribution in [3.63, 3.8) is 0 Å². The van der Waals surface area contributed by atoms with E-state index >= 15 is 0 Å². The van der Waals surface area contributed by atoms with Gasteiger partial charge in [0.25, 0.3) is 0 Å². The maximum absolute atomic E-state index is 3.77. The first-order chi connectivity index (χ1) is 9.76. The van der Waals surface area contributed by atoms with Crippen molar-refractivity contribution in [3.8, 4) is 0 Å². The highest BCUT2D eigenvalue weighted by Crippen LogP contribution is 2.27. The zero-order valence-corrected chi connectivity index (χ0v) is 15.3. The fourth-order valence-electron chi connectivity index (χ4n) is 3.35. The summed E-state index contributed by atoms with van der Waals surface area (Å²) in [5.41, 5.74) is 6.05. The maximum Gasteiger partial charge on any atom is 0.0297 e. The van der Waals surface area contributed by atoms with Crippen LogP contribution in [-0.4, -0.2) is 6.54 Å². The van der Waals surface area contributed by atoms with Gasteiger partial charge in [0, 0.05) is 12.6 Å². The van der Waals surface area contributed by atoms with E-state index in [1.807, 2.05) is 0 Å². The molecule has 1 heteroatoms. The summed E-state index contributed by atoms with van der Waals surface area (Å²) in [5.74, 6) is 0. The topological polar surface area (TPSA) is 12.0 Å². The summed E-state index contributed by atoms with van der Waals surface area (Å²) < 4.78 is 0. The molecule has 0 heterocycles. The summed E-state index contributed by atoms with van der Waals surface area (Å²) >= 11 is 0. The molecule has 1 nitrogen and oxygen atoms in total. The fourth-order valence-corrected chi connectivity index (χ4v) is 3.35. The van der Waals surface area contributed by atoms with E-state index in [1.165, 1.54) is 47.9 Å². The molecule has 0 aliphatic carbocycles. The molecule has 0 fully saturated rings. The quantitative estimate of drug-likeness (QED) is 0.590. The van der Waals surface area contributed by atoms with Gasteiger partial charge in [-0.3, -0.25) is 0 Å². The Labute approximate surface area is 132 Å². The predicted molar refractivity (Wildman–Crippen MR) is 95.0 cm³/mol. The molecule has 0 aromatic heterocycles. The number of rotatable bonds is 8. The highest BCUT2D eigenvalue weighted by atomic mass is 14.9. The number of hydrogen-bond acceptors (Lipinski definition) is 1. The molecule has 1 aromatic carbocycles. The Kier molecular flexibility index (Phi) is 6.93. The first-order valence-electron chi connectivity index (χ1n) is 8.58. The summed E-state index contributed by atoms with van der Waals surface area (Å²) in [6.07, 6.45) is 5.32. The second-order valence-corrected chi connectivity index (χ2v) is 7.54. The first kappa shape index (κ1) is 18.2. The smallest absolute Gasteiger partial charge is 0.0297 e. The van der Waals surface area contributed by atoms with E-state index in [0.29, 0.717) is 11.5 Å². The van der Waals surface area contributed by atoms with Crippen LogP contribution in [0.25, 0.3) is 0 Å². The number of hydrogen-bond donors (Lipinski definition) is 1. The third kappa shape index (κ3) is 5.82. The van der Waals surface area contributed by atoms with Gasteiger partial charge in [0.1, 0.15) is 0 Å².